The Labute approximate surface area is 76.0 Å². The zero-order valence-corrected chi connectivity index (χ0v) is 8.12. The van der Waals surface area contributed by atoms with E-state index in [1.165, 1.54) is 12.1 Å². The Morgan fingerprint density at radius 2 is 1.77 bits per heavy atom. The molecule has 0 fully saturated rings. The standard InChI is InChI=1S/C6H6AsNO5/c9-7(10,11)5-3-1-2-4-6(5)8(12)13/h1-4H,(H2,9,10,11)/p-2. The molecule has 7 heteroatoms. The van der Waals surface area contributed by atoms with E-state index in [0.717, 1.165) is 12.1 Å². The van der Waals surface area contributed by atoms with E-state index in [1.807, 2.05) is 0 Å². The fraction of sp³-hybridized carbons (Fsp3) is 0. The third-order valence-electron chi connectivity index (χ3n) is 1.37. The number of hydrogen-bond acceptors (Lipinski definition) is 5. The van der Waals surface area contributed by atoms with Crippen molar-refractivity contribution >= 4 is 24.2 Å². The van der Waals surface area contributed by atoms with Gasteiger partial charge in [0.25, 0.3) is 0 Å². The molecule has 0 saturated heterocycles. The molecule has 0 aliphatic heterocycles. The summed E-state index contributed by atoms with van der Waals surface area (Å²) in [4.78, 5) is 9.40. The molecule has 0 amide bonds. The van der Waals surface area contributed by atoms with Gasteiger partial charge in [-0.05, 0) is 0 Å². The number of nitro benzene ring substituents is 1. The number of nitrogens with zero attached hydrogens (tertiary/aromatic N) is 1. The van der Waals surface area contributed by atoms with Crippen LogP contribution in [0.1, 0.15) is 0 Å². The monoisotopic (exact) mass is 245 g/mol. The minimum absolute atomic E-state index is 0.657. The van der Waals surface area contributed by atoms with Crippen LogP contribution in [0.3, 0.4) is 0 Å². The molecule has 0 spiro atoms. The van der Waals surface area contributed by atoms with E-state index in [9.17, 15) is 22.0 Å². The third kappa shape index (κ3) is 2.18. The van der Waals surface area contributed by atoms with Gasteiger partial charge in [0.05, 0.1) is 0 Å². The Morgan fingerprint density at radius 3 is 2.15 bits per heavy atom. The van der Waals surface area contributed by atoms with Crippen LogP contribution in [0.25, 0.3) is 0 Å². The van der Waals surface area contributed by atoms with Gasteiger partial charge in [-0.2, -0.15) is 0 Å². The van der Waals surface area contributed by atoms with Gasteiger partial charge in [-0.25, -0.2) is 0 Å². The normalized spacial score (nSPS) is 11.2. The quantitative estimate of drug-likeness (QED) is 0.336. The van der Waals surface area contributed by atoms with Crippen molar-refractivity contribution in [1.29, 1.82) is 0 Å². The number of hydrogen-bond donors (Lipinski definition) is 0. The van der Waals surface area contributed by atoms with Crippen LogP contribution in [0.15, 0.2) is 24.3 Å². The molecule has 0 bridgehead atoms. The van der Waals surface area contributed by atoms with Gasteiger partial charge in [0, 0.05) is 0 Å². The maximum absolute atomic E-state index is 10.6. The van der Waals surface area contributed by atoms with Crippen molar-refractivity contribution in [3.05, 3.63) is 34.4 Å². The molecule has 0 atom stereocenters. The van der Waals surface area contributed by atoms with E-state index in [2.05, 4.69) is 0 Å². The summed E-state index contributed by atoms with van der Waals surface area (Å²) in [6.07, 6.45) is 0. The van der Waals surface area contributed by atoms with Crippen molar-refractivity contribution < 1.29 is 16.9 Å². The van der Waals surface area contributed by atoms with Crippen LogP contribution >= 0.6 is 0 Å². The second-order valence-electron chi connectivity index (χ2n) is 2.24. The Morgan fingerprint density at radius 1 is 1.23 bits per heavy atom. The SMILES string of the molecule is O=[N+]([O-])c1ccccc1[As](=O)([O-])[O-]. The summed E-state index contributed by atoms with van der Waals surface area (Å²) in [7, 11) is 0. The fourth-order valence-electron chi connectivity index (χ4n) is 0.850. The van der Waals surface area contributed by atoms with E-state index in [1.54, 1.807) is 0 Å². The average Bonchev–Trinajstić information content (AvgIpc) is 2.03. The van der Waals surface area contributed by atoms with Crippen LogP contribution in [-0.2, 0) is 3.74 Å². The molecule has 0 saturated carbocycles. The molecule has 70 valence electrons. The Balaban J connectivity index is 3.37. The molecule has 0 aromatic heterocycles. The van der Waals surface area contributed by atoms with Gasteiger partial charge in [0.2, 0.25) is 0 Å². The molecular formula is C6H4AsNO5-2. The number of benzene rings is 1. The van der Waals surface area contributed by atoms with Gasteiger partial charge < -0.3 is 0 Å². The number of para-hydroxylation sites is 1. The Bertz CT molecular complexity index is 384. The summed E-state index contributed by atoms with van der Waals surface area (Å²) in [5, 5.41) is 10.3. The van der Waals surface area contributed by atoms with E-state index >= 15 is 0 Å². The first-order chi connectivity index (χ1) is 5.93. The summed E-state index contributed by atoms with van der Waals surface area (Å²) in [5.74, 6) is 0. The van der Waals surface area contributed by atoms with E-state index in [4.69, 9.17) is 0 Å². The van der Waals surface area contributed by atoms with E-state index < -0.39 is 29.1 Å². The minimum atomic E-state index is -5.67. The van der Waals surface area contributed by atoms with Crippen LogP contribution in [0, 0.1) is 10.1 Å². The molecular weight excluding hydrogens is 241 g/mol. The summed E-state index contributed by atoms with van der Waals surface area (Å²) >= 11 is -5.67. The van der Waals surface area contributed by atoms with Crippen molar-refractivity contribution in [2.24, 2.45) is 0 Å². The van der Waals surface area contributed by atoms with Gasteiger partial charge in [0.15, 0.2) is 0 Å². The van der Waals surface area contributed by atoms with Crippen molar-refractivity contribution in [3.63, 3.8) is 0 Å². The Hall–Kier alpha value is -1.10. The second kappa shape index (κ2) is 3.33. The van der Waals surface area contributed by atoms with Crippen LogP contribution < -0.4 is 12.5 Å². The maximum atomic E-state index is 10.6. The molecule has 0 heterocycles. The van der Waals surface area contributed by atoms with Crippen LogP contribution in [0.5, 0.6) is 0 Å². The summed E-state index contributed by atoms with van der Waals surface area (Å²) in [6.45, 7) is 0. The summed E-state index contributed by atoms with van der Waals surface area (Å²) in [6, 6.07) is 4.50. The van der Waals surface area contributed by atoms with Crippen molar-refractivity contribution in [2.75, 3.05) is 0 Å². The number of nitro groups is 1. The molecule has 1 aromatic rings. The van der Waals surface area contributed by atoms with Gasteiger partial charge in [-0.15, -0.1) is 0 Å². The molecule has 1 rings (SSSR count). The van der Waals surface area contributed by atoms with Gasteiger partial charge >= 0.3 is 75.4 Å². The zero-order valence-electron chi connectivity index (χ0n) is 6.25. The first kappa shape index (κ1) is 9.98. The molecule has 0 aliphatic carbocycles. The molecule has 0 aliphatic rings. The molecule has 13 heavy (non-hydrogen) atoms. The van der Waals surface area contributed by atoms with Crippen molar-refractivity contribution in [1.82, 2.24) is 0 Å². The predicted molar refractivity (Wildman–Crippen MR) is 39.2 cm³/mol. The van der Waals surface area contributed by atoms with Gasteiger partial charge in [0.1, 0.15) is 0 Å². The molecule has 0 unspecified atom stereocenters. The average molecular weight is 245 g/mol. The van der Waals surface area contributed by atoms with Crippen molar-refractivity contribution in [3.8, 4) is 0 Å². The van der Waals surface area contributed by atoms with Crippen LogP contribution in [-0.4, -0.2) is 19.1 Å². The first-order valence-corrected chi connectivity index (χ1v) is 6.42. The van der Waals surface area contributed by atoms with Crippen molar-refractivity contribution in [2.45, 2.75) is 0 Å². The summed E-state index contributed by atoms with van der Waals surface area (Å²) in [5.41, 5.74) is -0.657. The third-order valence-corrected chi connectivity index (χ3v) is 3.40. The molecule has 0 N–H and O–H groups in total. The Kier molecular flexibility index (Phi) is 2.56. The van der Waals surface area contributed by atoms with Gasteiger partial charge in [-0.1, -0.05) is 0 Å². The van der Waals surface area contributed by atoms with E-state index in [0.29, 0.717) is 0 Å². The molecule has 6 nitrogen and oxygen atoms in total. The predicted octanol–water partition coefficient (Wildman–Crippen LogP) is -2.11. The summed E-state index contributed by atoms with van der Waals surface area (Å²) < 4.78 is 31.0. The van der Waals surface area contributed by atoms with E-state index in [-0.39, 0.29) is 0 Å². The molecule has 0 radical (unpaired) electrons. The number of rotatable bonds is 2. The first-order valence-electron chi connectivity index (χ1n) is 3.19. The van der Waals surface area contributed by atoms with Crippen LogP contribution in [0.2, 0.25) is 0 Å². The zero-order chi connectivity index (χ0) is 10.1. The molecule has 1 aromatic carbocycles. The second-order valence-corrected chi connectivity index (χ2v) is 5.34. The van der Waals surface area contributed by atoms with Crippen LogP contribution in [0.4, 0.5) is 5.69 Å². The fourth-order valence-corrected chi connectivity index (χ4v) is 2.33. The van der Waals surface area contributed by atoms with Gasteiger partial charge in [-0.3, -0.25) is 0 Å². The topological polar surface area (TPSA) is 106 Å².